The number of benzene rings is 1. The number of ether oxygens (including phenoxy) is 2. The third-order valence-electron chi connectivity index (χ3n) is 5.30. The van der Waals surface area contributed by atoms with Gasteiger partial charge in [-0.15, -0.1) is 0 Å². The van der Waals surface area contributed by atoms with Gasteiger partial charge in [-0.25, -0.2) is 0 Å². The molecule has 7 nitrogen and oxygen atoms in total. The van der Waals surface area contributed by atoms with E-state index >= 15 is 0 Å². The number of hydrogen-bond acceptors (Lipinski definition) is 5. The highest BCUT2D eigenvalue weighted by Crippen LogP contribution is 2.19. The Labute approximate surface area is 171 Å². The van der Waals surface area contributed by atoms with Gasteiger partial charge in [0, 0.05) is 38.2 Å². The van der Waals surface area contributed by atoms with E-state index in [0.717, 1.165) is 25.7 Å². The van der Waals surface area contributed by atoms with Crippen LogP contribution < -0.4 is 10.1 Å². The van der Waals surface area contributed by atoms with E-state index in [2.05, 4.69) is 5.32 Å². The van der Waals surface area contributed by atoms with Gasteiger partial charge in [-0.2, -0.15) is 0 Å². The molecule has 0 saturated carbocycles. The third kappa shape index (κ3) is 6.42. The molecule has 1 N–H and O–H groups in total. The topological polar surface area (TPSA) is 84.9 Å². The number of piperidine rings is 1. The van der Waals surface area contributed by atoms with Crippen molar-refractivity contribution in [1.82, 2.24) is 10.2 Å². The van der Waals surface area contributed by atoms with E-state index in [4.69, 9.17) is 9.47 Å². The normalized spacial score (nSPS) is 17.6. The standard InChI is InChI=1S/C22H28N2O5/c1-16(25)29-20-4-2-3-19(14-20)22(27)23-15-18-5-9-24(10-6-18)21(26)13-17-7-11-28-12-8-17/h2-4,13-14,18H,5-12,15H2,1H3,(H,23,27). The zero-order chi connectivity index (χ0) is 20.6. The first-order valence-corrected chi connectivity index (χ1v) is 10.1. The molecule has 0 bridgehead atoms. The Morgan fingerprint density at radius 1 is 1.21 bits per heavy atom. The van der Waals surface area contributed by atoms with Gasteiger partial charge in [0.1, 0.15) is 5.75 Å². The summed E-state index contributed by atoms with van der Waals surface area (Å²) in [7, 11) is 0. The van der Waals surface area contributed by atoms with Gasteiger partial charge in [-0.3, -0.25) is 14.4 Å². The number of likely N-dealkylation sites (tertiary alicyclic amines) is 1. The molecular weight excluding hydrogens is 372 g/mol. The van der Waals surface area contributed by atoms with Crippen LogP contribution in [0, 0.1) is 5.92 Å². The van der Waals surface area contributed by atoms with Crippen molar-refractivity contribution in [3.63, 3.8) is 0 Å². The molecule has 2 aliphatic heterocycles. The van der Waals surface area contributed by atoms with E-state index in [0.29, 0.717) is 50.1 Å². The van der Waals surface area contributed by atoms with E-state index < -0.39 is 5.97 Å². The molecular formula is C22H28N2O5. The molecule has 3 rings (SSSR count). The number of carbonyl (C=O) groups is 3. The Morgan fingerprint density at radius 3 is 2.62 bits per heavy atom. The first-order valence-electron chi connectivity index (χ1n) is 10.1. The Bertz CT molecular complexity index is 773. The molecule has 0 unspecified atom stereocenters. The molecule has 0 aliphatic carbocycles. The van der Waals surface area contributed by atoms with Gasteiger partial charge in [0.15, 0.2) is 0 Å². The van der Waals surface area contributed by atoms with E-state index in [1.807, 2.05) is 4.90 Å². The predicted molar refractivity (Wildman–Crippen MR) is 108 cm³/mol. The van der Waals surface area contributed by atoms with Gasteiger partial charge < -0.3 is 19.7 Å². The molecule has 7 heteroatoms. The van der Waals surface area contributed by atoms with Gasteiger partial charge in [0.2, 0.25) is 5.91 Å². The Morgan fingerprint density at radius 2 is 1.93 bits per heavy atom. The fourth-order valence-corrected chi connectivity index (χ4v) is 3.61. The van der Waals surface area contributed by atoms with Crippen LogP contribution in [0.15, 0.2) is 35.9 Å². The molecule has 0 aromatic heterocycles. The molecule has 29 heavy (non-hydrogen) atoms. The van der Waals surface area contributed by atoms with Crippen LogP contribution in [-0.4, -0.2) is 55.5 Å². The van der Waals surface area contributed by atoms with E-state index in [-0.39, 0.29) is 11.8 Å². The van der Waals surface area contributed by atoms with Gasteiger partial charge >= 0.3 is 5.97 Å². The molecule has 0 radical (unpaired) electrons. The lowest BCUT2D eigenvalue weighted by Gasteiger charge is -2.31. The lowest BCUT2D eigenvalue weighted by Crippen LogP contribution is -2.41. The number of carbonyl (C=O) groups excluding carboxylic acids is 3. The SMILES string of the molecule is CC(=O)Oc1cccc(C(=O)NCC2CCN(C(=O)C=C3CCOCC3)CC2)c1. The average molecular weight is 400 g/mol. The maximum absolute atomic E-state index is 12.4. The largest absolute Gasteiger partial charge is 0.427 e. The summed E-state index contributed by atoms with van der Waals surface area (Å²) in [5.41, 5.74) is 1.63. The monoisotopic (exact) mass is 400 g/mol. The maximum Gasteiger partial charge on any atom is 0.308 e. The molecule has 0 atom stereocenters. The van der Waals surface area contributed by atoms with Crippen molar-refractivity contribution >= 4 is 17.8 Å². The summed E-state index contributed by atoms with van der Waals surface area (Å²) >= 11 is 0. The second kappa shape index (κ2) is 10.2. The van der Waals surface area contributed by atoms with Crippen molar-refractivity contribution in [2.75, 3.05) is 32.8 Å². The molecule has 2 heterocycles. The van der Waals surface area contributed by atoms with Crippen molar-refractivity contribution in [3.05, 3.63) is 41.5 Å². The summed E-state index contributed by atoms with van der Waals surface area (Å²) in [4.78, 5) is 37.8. The lowest BCUT2D eigenvalue weighted by molar-refractivity contribution is -0.132. The van der Waals surface area contributed by atoms with Crippen LogP contribution in [0.25, 0.3) is 0 Å². The molecule has 1 aromatic carbocycles. The highest BCUT2D eigenvalue weighted by Gasteiger charge is 2.23. The number of nitrogens with one attached hydrogen (secondary N) is 1. The van der Waals surface area contributed by atoms with Crippen LogP contribution >= 0.6 is 0 Å². The summed E-state index contributed by atoms with van der Waals surface area (Å²) in [6, 6.07) is 6.57. The van der Waals surface area contributed by atoms with Crippen molar-refractivity contribution < 1.29 is 23.9 Å². The van der Waals surface area contributed by atoms with Crippen molar-refractivity contribution in [2.24, 2.45) is 5.92 Å². The average Bonchev–Trinajstić information content (AvgIpc) is 2.73. The van der Waals surface area contributed by atoms with Gasteiger partial charge in [-0.05, 0) is 49.8 Å². The van der Waals surface area contributed by atoms with E-state index in [1.165, 1.54) is 12.5 Å². The van der Waals surface area contributed by atoms with Crippen LogP contribution in [0.2, 0.25) is 0 Å². The van der Waals surface area contributed by atoms with Crippen LogP contribution in [-0.2, 0) is 14.3 Å². The molecule has 2 fully saturated rings. The third-order valence-corrected chi connectivity index (χ3v) is 5.30. The highest BCUT2D eigenvalue weighted by atomic mass is 16.5. The van der Waals surface area contributed by atoms with Crippen molar-refractivity contribution in [3.8, 4) is 5.75 Å². The lowest BCUT2D eigenvalue weighted by atomic mass is 9.96. The zero-order valence-corrected chi connectivity index (χ0v) is 16.8. The predicted octanol–water partition coefficient (Wildman–Crippen LogP) is 2.32. The van der Waals surface area contributed by atoms with Crippen LogP contribution in [0.5, 0.6) is 5.75 Å². The summed E-state index contributed by atoms with van der Waals surface area (Å²) in [5, 5.41) is 2.95. The Kier molecular flexibility index (Phi) is 7.41. The summed E-state index contributed by atoms with van der Waals surface area (Å²) in [5.74, 6) is 0.177. The first-order chi connectivity index (χ1) is 14.0. The van der Waals surface area contributed by atoms with Crippen LogP contribution in [0.3, 0.4) is 0 Å². The summed E-state index contributed by atoms with van der Waals surface area (Å²) < 4.78 is 10.3. The quantitative estimate of drug-likeness (QED) is 0.466. The number of nitrogens with zero attached hydrogens (tertiary/aromatic N) is 1. The second-order valence-corrected chi connectivity index (χ2v) is 7.52. The zero-order valence-electron chi connectivity index (χ0n) is 16.8. The number of esters is 1. The molecule has 2 aliphatic rings. The maximum atomic E-state index is 12.4. The van der Waals surface area contributed by atoms with Gasteiger partial charge in [0.05, 0.1) is 13.2 Å². The molecule has 2 amide bonds. The minimum Gasteiger partial charge on any atom is -0.427 e. The summed E-state index contributed by atoms with van der Waals surface area (Å²) in [6.07, 6.45) is 5.19. The highest BCUT2D eigenvalue weighted by molar-refractivity contribution is 5.94. The van der Waals surface area contributed by atoms with Crippen LogP contribution in [0.4, 0.5) is 0 Å². The van der Waals surface area contributed by atoms with Crippen molar-refractivity contribution in [2.45, 2.75) is 32.6 Å². The van der Waals surface area contributed by atoms with Gasteiger partial charge in [0.25, 0.3) is 5.91 Å². The number of hydrogen-bond donors (Lipinski definition) is 1. The van der Waals surface area contributed by atoms with Crippen molar-refractivity contribution in [1.29, 1.82) is 0 Å². The molecule has 156 valence electrons. The minimum atomic E-state index is -0.420. The van der Waals surface area contributed by atoms with Crippen LogP contribution in [0.1, 0.15) is 43.0 Å². The summed E-state index contributed by atoms with van der Waals surface area (Å²) in [6.45, 7) is 4.71. The Hall–Kier alpha value is -2.67. The number of amides is 2. The molecule has 1 aromatic rings. The van der Waals surface area contributed by atoms with E-state index in [1.54, 1.807) is 30.3 Å². The van der Waals surface area contributed by atoms with E-state index in [9.17, 15) is 14.4 Å². The number of rotatable bonds is 5. The Balaban J connectivity index is 1.43. The fraction of sp³-hybridized carbons (Fsp3) is 0.500. The second-order valence-electron chi connectivity index (χ2n) is 7.52. The fourth-order valence-electron chi connectivity index (χ4n) is 3.61. The molecule has 2 saturated heterocycles. The smallest absolute Gasteiger partial charge is 0.308 e. The minimum absolute atomic E-state index is 0.0895. The first kappa shape index (κ1) is 21.0. The molecule has 0 spiro atoms. The van der Waals surface area contributed by atoms with Gasteiger partial charge in [-0.1, -0.05) is 11.6 Å².